The lowest BCUT2D eigenvalue weighted by molar-refractivity contribution is 0.111. The Balaban J connectivity index is 2.20. The fraction of sp³-hybridized carbons (Fsp3) is 0.400. The number of ether oxygens (including phenoxy) is 2. The summed E-state index contributed by atoms with van der Waals surface area (Å²) < 4.78 is 44.8. The lowest BCUT2D eigenvalue weighted by atomic mass is 10.3. The highest BCUT2D eigenvalue weighted by atomic mass is 79.9. The van der Waals surface area contributed by atoms with Gasteiger partial charge in [-0.3, -0.25) is 0 Å². The van der Waals surface area contributed by atoms with Gasteiger partial charge in [0.05, 0.1) is 23.4 Å². The third kappa shape index (κ3) is 6.53. The first-order valence-corrected chi connectivity index (χ1v) is 8.23. The van der Waals surface area contributed by atoms with Gasteiger partial charge < -0.3 is 9.47 Å². The summed E-state index contributed by atoms with van der Waals surface area (Å²) >= 11 is 3.03. The molecule has 1 aromatic rings. The number of hydrogen-bond donors (Lipinski definition) is 0. The van der Waals surface area contributed by atoms with Crippen molar-refractivity contribution >= 4 is 35.7 Å². The SMILES string of the molecule is O=S(=O)(Cl)CCOCCOc1ccc(Br)c(F)c1. The second-order valence-corrected chi connectivity index (χ2v) is 7.03. The van der Waals surface area contributed by atoms with Crippen LogP contribution in [-0.2, 0) is 13.8 Å². The minimum atomic E-state index is -3.52. The molecule has 102 valence electrons. The second kappa shape index (κ2) is 7.28. The topological polar surface area (TPSA) is 52.6 Å². The minimum absolute atomic E-state index is 0.00386. The van der Waals surface area contributed by atoms with Gasteiger partial charge in [-0.1, -0.05) is 0 Å². The molecule has 0 aliphatic rings. The van der Waals surface area contributed by atoms with Crippen LogP contribution in [0.1, 0.15) is 0 Å². The van der Waals surface area contributed by atoms with Crippen molar-refractivity contribution in [3.05, 3.63) is 28.5 Å². The van der Waals surface area contributed by atoms with Crippen LogP contribution in [0, 0.1) is 5.82 Å². The van der Waals surface area contributed by atoms with Gasteiger partial charge >= 0.3 is 0 Å². The third-order valence-electron chi connectivity index (χ3n) is 1.86. The molecule has 0 radical (unpaired) electrons. The molecule has 1 aromatic carbocycles. The number of halogens is 3. The van der Waals surface area contributed by atoms with Crippen molar-refractivity contribution in [1.29, 1.82) is 0 Å². The fourth-order valence-corrected chi connectivity index (χ4v) is 1.80. The van der Waals surface area contributed by atoms with E-state index in [-0.39, 0.29) is 25.6 Å². The van der Waals surface area contributed by atoms with Crippen LogP contribution in [0.5, 0.6) is 5.75 Å². The van der Waals surface area contributed by atoms with Gasteiger partial charge in [0.1, 0.15) is 18.2 Å². The van der Waals surface area contributed by atoms with Gasteiger partial charge in [-0.25, -0.2) is 12.8 Å². The van der Waals surface area contributed by atoms with Crippen LogP contribution in [0.15, 0.2) is 22.7 Å². The number of benzene rings is 1. The predicted molar refractivity (Wildman–Crippen MR) is 70.1 cm³/mol. The van der Waals surface area contributed by atoms with Crippen molar-refractivity contribution < 1.29 is 22.3 Å². The highest BCUT2D eigenvalue weighted by Gasteiger charge is 2.04. The molecule has 18 heavy (non-hydrogen) atoms. The van der Waals surface area contributed by atoms with Crippen LogP contribution < -0.4 is 4.74 Å². The minimum Gasteiger partial charge on any atom is -0.491 e. The van der Waals surface area contributed by atoms with E-state index < -0.39 is 14.9 Å². The number of hydrogen-bond acceptors (Lipinski definition) is 4. The zero-order valence-corrected chi connectivity index (χ0v) is 12.4. The molecular formula is C10H11BrClFO4S. The van der Waals surface area contributed by atoms with E-state index in [2.05, 4.69) is 15.9 Å². The van der Waals surface area contributed by atoms with E-state index in [1.54, 1.807) is 6.07 Å². The van der Waals surface area contributed by atoms with Crippen LogP contribution in [-0.4, -0.2) is 34.0 Å². The maximum absolute atomic E-state index is 13.1. The molecule has 4 nitrogen and oxygen atoms in total. The normalized spacial score (nSPS) is 11.5. The predicted octanol–water partition coefficient (Wildman–Crippen LogP) is 2.55. The summed E-state index contributed by atoms with van der Waals surface area (Å²) in [7, 11) is 1.47. The van der Waals surface area contributed by atoms with Crippen LogP contribution in [0.4, 0.5) is 4.39 Å². The maximum atomic E-state index is 13.1. The van der Waals surface area contributed by atoms with Crippen LogP contribution in [0.25, 0.3) is 0 Å². The van der Waals surface area contributed by atoms with E-state index in [4.69, 9.17) is 20.2 Å². The van der Waals surface area contributed by atoms with E-state index in [0.29, 0.717) is 10.2 Å². The second-order valence-electron chi connectivity index (χ2n) is 3.28. The summed E-state index contributed by atoms with van der Waals surface area (Å²) in [5.74, 6) is -0.285. The Morgan fingerprint density at radius 3 is 2.61 bits per heavy atom. The zero-order valence-electron chi connectivity index (χ0n) is 9.24. The quantitative estimate of drug-likeness (QED) is 0.553. The molecule has 0 amide bonds. The molecular weight excluding hydrogens is 351 g/mol. The number of rotatable bonds is 7. The Hall–Kier alpha value is -0.370. The molecule has 0 saturated carbocycles. The molecule has 0 heterocycles. The van der Waals surface area contributed by atoms with Gasteiger partial charge in [0.15, 0.2) is 0 Å². The molecule has 0 aromatic heterocycles. The molecule has 0 N–H and O–H groups in total. The Morgan fingerprint density at radius 1 is 1.28 bits per heavy atom. The molecule has 0 saturated heterocycles. The standard InChI is InChI=1S/C10H11BrClFO4S/c11-9-2-1-8(7-10(9)13)17-4-3-16-5-6-18(12,14)15/h1-2,7H,3-6H2. The first kappa shape index (κ1) is 15.7. The smallest absolute Gasteiger partial charge is 0.234 e. The van der Waals surface area contributed by atoms with Gasteiger partial charge in [-0.15, -0.1) is 0 Å². The first-order chi connectivity index (χ1) is 8.38. The van der Waals surface area contributed by atoms with Crippen molar-refractivity contribution in [3.63, 3.8) is 0 Å². The highest BCUT2D eigenvalue weighted by molar-refractivity contribution is 9.10. The van der Waals surface area contributed by atoms with Gasteiger partial charge in [0, 0.05) is 16.7 Å². The average molecular weight is 362 g/mol. The molecule has 0 aliphatic carbocycles. The van der Waals surface area contributed by atoms with E-state index in [1.165, 1.54) is 12.1 Å². The Bertz CT molecular complexity index is 495. The van der Waals surface area contributed by atoms with Crippen molar-refractivity contribution in [3.8, 4) is 5.75 Å². The van der Waals surface area contributed by atoms with Crippen LogP contribution in [0.2, 0.25) is 0 Å². The average Bonchev–Trinajstić information content (AvgIpc) is 2.26. The van der Waals surface area contributed by atoms with Gasteiger partial charge in [0.25, 0.3) is 0 Å². The van der Waals surface area contributed by atoms with Crippen molar-refractivity contribution in [2.45, 2.75) is 0 Å². The Kier molecular flexibility index (Phi) is 6.34. The van der Waals surface area contributed by atoms with Gasteiger partial charge in [-0.05, 0) is 28.1 Å². The molecule has 0 spiro atoms. The highest BCUT2D eigenvalue weighted by Crippen LogP contribution is 2.20. The van der Waals surface area contributed by atoms with Crippen LogP contribution >= 0.6 is 26.6 Å². The molecule has 8 heteroatoms. The van der Waals surface area contributed by atoms with Crippen molar-refractivity contribution in [2.75, 3.05) is 25.6 Å². The molecule has 0 bridgehead atoms. The van der Waals surface area contributed by atoms with E-state index in [0.717, 1.165) is 0 Å². The lowest BCUT2D eigenvalue weighted by Crippen LogP contribution is -2.12. The molecule has 0 atom stereocenters. The summed E-state index contributed by atoms with van der Waals surface area (Å²) in [5, 5.41) is 0. The Morgan fingerprint density at radius 2 is 2.00 bits per heavy atom. The summed E-state index contributed by atoms with van der Waals surface area (Å²) in [5.41, 5.74) is 0. The molecule has 0 aliphatic heterocycles. The van der Waals surface area contributed by atoms with Crippen LogP contribution in [0.3, 0.4) is 0 Å². The third-order valence-corrected chi connectivity index (χ3v) is 3.62. The lowest BCUT2D eigenvalue weighted by Gasteiger charge is -2.07. The van der Waals surface area contributed by atoms with Gasteiger partial charge in [0.2, 0.25) is 9.05 Å². The monoisotopic (exact) mass is 360 g/mol. The first-order valence-electron chi connectivity index (χ1n) is 4.96. The fourth-order valence-electron chi connectivity index (χ4n) is 1.05. The molecule has 0 fully saturated rings. The van der Waals surface area contributed by atoms with E-state index >= 15 is 0 Å². The van der Waals surface area contributed by atoms with Crippen molar-refractivity contribution in [2.24, 2.45) is 0 Å². The largest absolute Gasteiger partial charge is 0.491 e. The van der Waals surface area contributed by atoms with Crippen molar-refractivity contribution in [1.82, 2.24) is 0 Å². The van der Waals surface area contributed by atoms with E-state index in [9.17, 15) is 12.8 Å². The summed E-state index contributed by atoms with van der Waals surface area (Å²) in [6.45, 7) is 0.400. The maximum Gasteiger partial charge on any atom is 0.234 e. The zero-order chi connectivity index (χ0) is 13.6. The summed E-state index contributed by atoms with van der Waals surface area (Å²) in [6, 6.07) is 4.38. The Labute approximate surface area is 118 Å². The van der Waals surface area contributed by atoms with Gasteiger partial charge in [-0.2, -0.15) is 0 Å². The molecule has 0 unspecified atom stereocenters. The van der Waals surface area contributed by atoms with E-state index in [1.807, 2.05) is 0 Å². The summed E-state index contributed by atoms with van der Waals surface area (Å²) in [6.07, 6.45) is 0. The molecule has 1 rings (SSSR count). The summed E-state index contributed by atoms with van der Waals surface area (Å²) in [4.78, 5) is 0.